The van der Waals surface area contributed by atoms with Crippen molar-refractivity contribution in [2.45, 2.75) is 66.1 Å². The topological polar surface area (TPSA) is 95.9 Å². The lowest BCUT2D eigenvalue weighted by Gasteiger charge is -2.36. The second-order valence-corrected chi connectivity index (χ2v) is 9.55. The number of aliphatic hydroxyl groups excluding tert-OH is 1. The molecule has 1 saturated heterocycles. The number of nitrogens with one attached hydrogen (secondary N) is 1. The largest absolute Gasteiger partial charge is 0.466 e. The number of esters is 1. The number of allylic oxidation sites excluding steroid dienone is 1. The van der Waals surface area contributed by atoms with Crippen LogP contribution < -0.4 is 5.32 Å². The second kappa shape index (κ2) is 8.86. The Balaban J connectivity index is 2.53. The number of hydrogen-bond donors (Lipinski definition) is 2. The number of rotatable bonds is 6. The fourth-order valence-electron chi connectivity index (χ4n) is 4.56. The van der Waals surface area contributed by atoms with Gasteiger partial charge in [0.05, 0.1) is 31.1 Å². The van der Waals surface area contributed by atoms with Crippen molar-refractivity contribution >= 4 is 17.8 Å². The Labute approximate surface area is 173 Å². The summed E-state index contributed by atoms with van der Waals surface area (Å²) in [5.41, 5.74) is -0.470. The Morgan fingerprint density at radius 1 is 1.28 bits per heavy atom. The molecule has 7 nitrogen and oxygen atoms in total. The summed E-state index contributed by atoms with van der Waals surface area (Å²) in [7, 11) is 0. The molecule has 0 aromatic rings. The number of carbonyl (C=O) groups excluding carboxylic acids is 3. The molecule has 1 aliphatic carbocycles. The van der Waals surface area contributed by atoms with Crippen LogP contribution in [0.2, 0.25) is 0 Å². The number of nitrogens with zero attached hydrogens (tertiary/aromatic N) is 1. The van der Waals surface area contributed by atoms with E-state index in [2.05, 4.69) is 5.32 Å². The van der Waals surface area contributed by atoms with Crippen LogP contribution in [0, 0.1) is 29.6 Å². The van der Waals surface area contributed by atoms with Crippen molar-refractivity contribution < 1.29 is 24.2 Å². The van der Waals surface area contributed by atoms with Crippen LogP contribution in [0.5, 0.6) is 0 Å². The highest BCUT2D eigenvalue weighted by Gasteiger charge is 2.58. The summed E-state index contributed by atoms with van der Waals surface area (Å²) in [6.45, 7) is 13.1. The fourth-order valence-corrected chi connectivity index (χ4v) is 4.56. The van der Waals surface area contributed by atoms with E-state index < -0.39 is 41.3 Å². The van der Waals surface area contributed by atoms with Gasteiger partial charge in [0.1, 0.15) is 6.04 Å². The van der Waals surface area contributed by atoms with Gasteiger partial charge in [0.15, 0.2) is 0 Å². The molecule has 1 fully saturated rings. The van der Waals surface area contributed by atoms with Crippen molar-refractivity contribution in [1.82, 2.24) is 10.2 Å². The van der Waals surface area contributed by atoms with Crippen LogP contribution >= 0.6 is 0 Å². The molecular weight excluding hydrogens is 372 g/mol. The highest BCUT2D eigenvalue weighted by atomic mass is 16.5. The van der Waals surface area contributed by atoms with E-state index in [1.807, 2.05) is 53.7 Å². The molecule has 2 amide bonds. The lowest BCUT2D eigenvalue weighted by Crippen LogP contribution is -2.56. The third-order valence-electron chi connectivity index (χ3n) is 5.85. The number of aliphatic hydroxyl groups is 1. The molecule has 0 bridgehead atoms. The molecule has 164 valence electrons. The third kappa shape index (κ3) is 4.65. The lowest BCUT2D eigenvalue weighted by molar-refractivity contribution is -0.156. The van der Waals surface area contributed by atoms with Crippen molar-refractivity contribution in [3.63, 3.8) is 0 Å². The average molecular weight is 409 g/mol. The molecule has 1 aliphatic heterocycles. The zero-order chi connectivity index (χ0) is 22.1. The summed E-state index contributed by atoms with van der Waals surface area (Å²) in [4.78, 5) is 41.1. The van der Waals surface area contributed by atoms with Crippen LogP contribution in [0.15, 0.2) is 12.2 Å². The van der Waals surface area contributed by atoms with Gasteiger partial charge in [-0.1, -0.05) is 32.9 Å². The predicted molar refractivity (Wildman–Crippen MR) is 110 cm³/mol. The molecule has 0 aromatic heterocycles. The molecule has 0 spiro atoms. The minimum Gasteiger partial charge on any atom is -0.466 e. The van der Waals surface area contributed by atoms with Crippen molar-refractivity contribution in [1.29, 1.82) is 0 Å². The molecule has 1 heterocycles. The van der Waals surface area contributed by atoms with Crippen LogP contribution in [0.4, 0.5) is 0 Å². The molecule has 2 rings (SSSR count). The molecule has 29 heavy (non-hydrogen) atoms. The SMILES string of the molecule is CCOC(=O)[C@H]1[C@H]2C(=O)N([C@@H](CO)C(C)C)[C@H](C(=O)NC(C)(C)C)[C@H]2C=C[C@H]1C. The van der Waals surface area contributed by atoms with Crippen LogP contribution in [-0.4, -0.2) is 58.6 Å². The number of ether oxygens (including phenoxy) is 1. The predicted octanol–water partition coefficient (Wildman–Crippen LogP) is 1.75. The summed E-state index contributed by atoms with van der Waals surface area (Å²) in [6.07, 6.45) is 3.80. The first-order chi connectivity index (χ1) is 13.4. The molecule has 7 heteroatoms. The monoisotopic (exact) mass is 408 g/mol. The smallest absolute Gasteiger partial charge is 0.310 e. The van der Waals surface area contributed by atoms with E-state index in [1.165, 1.54) is 4.90 Å². The van der Waals surface area contributed by atoms with Gasteiger partial charge in [0, 0.05) is 11.5 Å². The van der Waals surface area contributed by atoms with E-state index in [0.717, 1.165) is 0 Å². The van der Waals surface area contributed by atoms with Crippen LogP contribution in [0.1, 0.15) is 48.5 Å². The Morgan fingerprint density at radius 2 is 1.90 bits per heavy atom. The van der Waals surface area contributed by atoms with E-state index in [-0.39, 0.29) is 36.9 Å². The minimum absolute atomic E-state index is 0.0449. The van der Waals surface area contributed by atoms with Gasteiger partial charge in [-0.15, -0.1) is 0 Å². The minimum atomic E-state index is -0.771. The molecule has 6 atom stereocenters. The van der Waals surface area contributed by atoms with Crippen molar-refractivity contribution in [3.05, 3.63) is 12.2 Å². The standard InChI is InChI=1S/C22H36N2O5/c1-8-29-21(28)16-13(4)9-10-14-17(16)20(27)24(15(11-25)12(2)3)18(14)19(26)23-22(5,6)7/h9-10,12-18,25H,8,11H2,1-7H3,(H,23,26)/t13-,14+,15+,16-,17+,18+/m1/s1. The first kappa shape index (κ1) is 23.4. The zero-order valence-electron chi connectivity index (χ0n) is 18.6. The van der Waals surface area contributed by atoms with E-state index in [1.54, 1.807) is 6.92 Å². The summed E-state index contributed by atoms with van der Waals surface area (Å²) >= 11 is 0. The first-order valence-electron chi connectivity index (χ1n) is 10.5. The van der Waals surface area contributed by atoms with Gasteiger partial charge in [-0.2, -0.15) is 0 Å². The Hall–Kier alpha value is -1.89. The van der Waals surface area contributed by atoms with Crippen molar-refractivity contribution in [2.24, 2.45) is 29.6 Å². The van der Waals surface area contributed by atoms with Gasteiger partial charge >= 0.3 is 5.97 Å². The molecule has 2 N–H and O–H groups in total. The van der Waals surface area contributed by atoms with Gasteiger partial charge in [-0.25, -0.2) is 0 Å². The van der Waals surface area contributed by atoms with Crippen molar-refractivity contribution in [2.75, 3.05) is 13.2 Å². The maximum atomic E-state index is 13.6. The maximum absolute atomic E-state index is 13.6. The van der Waals surface area contributed by atoms with E-state index in [0.29, 0.717) is 0 Å². The number of hydrogen-bond acceptors (Lipinski definition) is 5. The number of carbonyl (C=O) groups is 3. The van der Waals surface area contributed by atoms with E-state index in [4.69, 9.17) is 4.74 Å². The van der Waals surface area contributed by atoms with Gasteiger partial charge in [0.2, 0.25) is 11.8 Å². The van der Waals surface area contributed by atoms with Crippen LogP contribution in [0.3, 0.4) is 0 Å². The lowest BCUT2D eigenvalue weighted by atomic mass is 9.70. The molecular formula is C22H36N2O5. The molecule has 0 saturated carbocycles. The van der Waals surface area contributed by atoms with Gasteiger partial charge < -0.3 is 20.1 Å². The molecule has 0 radical (unpaired) electrons. The fraction of sp³-hybridized carbons (Fsp3) is 0.773. The summed E-state index contributed by atoms with van der Waals surface area (Å²) in [5, 5.41) is 13.0. The molecule has 0 aromatic carbocycles. The van der Waals surface area contributed by atoms with Crippen LogP contribution in [0.25, 0.3) is 0 Å². The maximum Gasteiger partial charge on any atom is 0.310 e. The van der Waals surface area contributed by atoms with E-state index >= 15 is 0 Å². The van der Waals surface area contributed by atoms with Crippen molar-refractivity contribution in [3.8, 4) is 0 Å². The summed E-state index contributed by atoms with van der Waals surface area (Å²) < 4.78 is 5.26. The number of fused-ring (bicyclic) bond motifs is 1. The Kier molecular flexibility index (Phi) is 7.14. The van der Waals surface area contributed by atoms with Gasteiger partial charge in [-0.3, -0.25) is 14.4 Å². The number of likely N-dealkylation sites (tertiary alicyclic amines) is 1. The zero-order valence-corrected chi connectivity index (χ0v) is 18.6. The average Bonchev–Trinajstić information content (AvgIpc) is 2.87. The summed E-state index contributed by atoms with van der Waals surface area (Å²) in [5.74, 6) is -2.90. The highest BCUT2D eigenvalue weighted by Crippen LogP contribution is 2.45. The normalized spacial score (nSPS) is 30.3. The Bertz CT molecular complexity index is 667. The van der Waals surface area contributed by atoms with Crippen LogP contribution in [-0.2, 0) is 19.1 Å². The summed E-state index contributed by atoms with van der Waals surface area (Å²) in [6, 6.07) is -1.28. The number of amides is 2. The highest BCUT2D eigenvalue weighted by molar-refractivity contribution is 5.96. The first-order valence-corrected chi connectivity index (χ1v) is 10.5. The van der Waals surface area contributed by atoms with Gasteiger partial charge in [-0.05, 0) is 39.5 Å². The second-order valence-electron chi connectivity index (χ2n) is 9.55. The molecule has 0 unspecified atom stereocenters. The van der Waals surface area contributed by atoms with Gasteiger partial charge in [0.25, 0.3) is 0 Å². The molecule has 2 aliphatic rings. The Morgan fingerprint density at radius 3 is 2.38 bits per heavy atom. The van der Waals surface area contributed by atoms with E-state index in [9.17, 15) is 19.5 Å². The quantitative estimate of drug-likeness (QED) is 0.516. The third-order valence-corrected chi connectivity index (χ3v) is 5.85.